The minimum absolute atomic E-state index is 0.0801. The topological polar surface area (TPSA) is 188 Å². The van der Waals surface area contributed by atoms with E-state index in [4.69, 9.17) is 9.84 Å². The summed E-state index contributed by atoms with van der Waals surface area (Å²) in [6.07, 6.45) is -1.71. The lowest BCUT2D eigenvalue weighted by molar-refractivity contribution is -0.139. The monoisotopic (exact) mass is 623 g/mol. The van der Waals surface area contributed by atoms with Gasteiger partial charge >= 0.3 is 18.0 Å². The first-order valence-electron chi connectivity index (χ1n) is 11.5. The van der Waals surface area contributed by atoms with Crippen molar-refractivity contribution in [1.82, 2.24) is 16.0 Å². The van der Waals surface area contributed by atoms with Crippen molar-refractivity contribution in [2.24, 2.45) is 0 Å². The molecule has 0 radical (unpaired) electrons. The highest BCUT2D eigenvalue weighted by Crippen LogP contribution is 2.17. The molecule has 208 valence electrons. The number of carboxylic acid groups (broad SMARTS) is 2. The summed E-state index contributed by atoms with van der Waals surface area (Å²) in [5.41, 5.74) is 1.05. The normalized spacial score (nSPS) is 11.9. The molecule has 0 aliphatic heterocycles. The molecule has 3 amide bonds. The lowest BCUT2D eigenvalue weighted by Gasteiger charge is -2.19. The average Bonchev–Trinajstić information content (AvgIpc) is 2.91. The van der Waals surface area contributed by atoms with Crippen molar-refractivity contribution < 1.29 is 43.7 Å². The van der Waals surface area contributed by atoms with E-state index in [1.54, 1.807) is 54.6 Å². The van der Waals surface area contributed by atoms with Crippen LogP contribution in [-0.2, 0) is 30.5 Å². The summed E-state index contributed by atoms with van der Waals surface area (Å²) in [7, 11) is 0. The Balaban J connectivity index is 1.92. The molecule has 0 heterocycles. The quantitative estimate of drug-likeness (QED) is 0.208. The van der Waals surface area contributed by atoms with Crippen LogP contribution in [0.5, 0.6) is 0 Å². The summed E-state index contributed by atoms with van der Waals surface area (Å²) in [6, 6.07) is 12.5. The molecule has 0 fully saturated rings. The third kappa shape index (κ3) is 12.0. The van der Waals surface area contributed by atoms with Gasteiger partial charge in [-0.15, -0.1) is 0 Å². The Morgan fingerprint density at radius 3 is 2.18 bits per heavy atom. The standard InChI is InChI=1S/C25H26BrN3O9S/c26-17-8-6-16(7-9-17)24(36)39-14-19(22(33)27-12-21(31)32)28-20(30)11-10-18(23(34)35)29-25(37)38-13-15-4-2-1-3-5-15/h1-9,18-19H,10-14H2,(H,27,33)(H,28,30)(H,29,37)(H,31,32)(H,34,35)/t18-,19-/m0/s1. The number of halogens is 1. The largest absolute Gasteiger partial charge is 0.480 e. The molecular formula is C25H26BrN3O9S. The van der Waals surface area contributed by atoms with Gasteiger partial charge in [0.05, 0.1) is 0 Å². The smallest absolute Gasteiger partial charge is 0.408 e. The van der Waals surface area contributed by atoms with Crippen molar-refractivity contribution >= 4 is 62.7 Å². The number of alkyl carbamates (subject to hydrolysis) is 1. The maximum Gasteiger partial charge on any atom is 0.408 e. The van der Waals surface area contributed by atoms with Crippen molar-refractivity contribution in [1.29, 1.82) is 0 Å². The van der Waals surface area contributed by atoms with Crippen LogP contribution >= 0.6 is 27.7 Å². The number of rotatable bonds is 14. The van der Waals surface area contributed by atoms with E-state index in [0.717, 1.165) is 16.2 Å². The van der Waals surface area contributed by atoms with Crippen LogP contribution in [0.15, 0.2) is 59.1 Å². The van der Waals surface area contributed by atoms with Crippen molar-refractivity contribution in [3.8, 4) is 0 Å². The lowest BCUT2D eigenvalue weighted by atomic mass is 10.1. The third-order valence-corrected chi connectivity index (χ3v) is 6.52. The maximum atomic E-state index is 12.5. The highest BCUT2D eigenvalue weighted by atomic mass is 79.9. The van der Waals surface area contributed by atoms with Gasteiger partial charge in [0.15, 0.2) is 0 Å². The van der Waals surface area contributed by atoms with E-state index >= 15 is 0 Å². The molecule has 5 N–H and O–H groups in total. The summed E-state index contributed by atoms with van der Waals surface area (Å²) < 4.78 is 5.77. The molecule has 0 unspecified atom stereocenters. The highest BCUT2D eigenvalue weighted by molar-refractivity contribution is 9.10. The van der Waals surface area contributed by atoms with Gasteiger partial charge < -0.3 is 30.9 Å². The first-order valence-corrected chi connectivity index (χ1v) is 13.2. The van der Waals surface area contributed by atoms with Crippen LogP contribution in [0.4, 0.5) is 4.79 Å². The minimum atomic E-state index is -1.45. The maximum absolute atomic E-state index is 12.5. The number of ether oxygens (including phenoxy) is 1. The second-order valence-corrected chi connectivity index (χ2v) is 9.88. The van der Waals surface area contributed by atoms with Gasteiger partial charge in [0, 0.05) is 22.2 Å². The molecule has 2 aromatic rings. The summed E-state index contributed by atoms with van der Waals surface area (Å²) in [5.74, 6) is -4.49. The molecule has 0 saturated heterocycles. The molecule has 2 rings (SSSR count). The number of carbonyl (C=O) groups excluding carboxylic acids is 4. The molecule has 0 spiro atoms. The SMILES string of the molecule is O=C(O)CNC(=O)[C@H](CSC(=O)c1ccc(Br)cc1)NC(=O)CC[C@H](NC(=O)OCc1ccccc1)C(=O)O. The number of thioether (sulfide) groups is 1. The minimum Gasteiger partial charge on any atom is -0.480 e. The van der Waals surface area contributed by atoms with Crippen LogP contribution in [0.2, 0.25) is 0 Å². The molecule has 14 heteroatoms. The lowest BCUT2D eigenvalue weighted by Crippen LogP contribution is -2.50. The molecular weight excluding hydrogens is 598 g/mol. The second-order valence-electron chi connectivity index (χ2n) is 7.97. The third-order valence-electron chi connectivity index (χ3n) is 4.99. The van der Waals surface area contributed by atoms with Crippen LogP contribution < -0.4 is 16.0 Å². The average molecular weight is 624 g/mol. The number of carbonyl (C=O) groups is 6. The highest BCUT2D eigenvalue weighted by Gasteiger charge is 2.26. The number of aliphatic carboxylic acids is 2. The van der Waals surface area contributed by atoms with Crippen molar-refractivity contribution in [2.75, 3.05) is 12.3 Å². The Labute approximate surface area is 236 Å². The van der Waals surface area contributed by atoms with Crippen LogP contribution in [0.1, 0.15) is 28.8 Å². The first-order chi connectivity index (χ1) is 18.5. The second kappa shape index (κ2) is 16.1. The molecule has 0 aliphatic carbocycles. The van der Waals surface area contributed by atoms with E-state index in [9.17, 15) is 33.9 Å². The van der Waals surface area contributed by atoms with Crippen LogP contribution in [0, 0.1) is 0 Å². The fourth-order valence-corrected chi connectivity index (χ4v) is 4.12. The fraction of sp³-hybridized carbons (Fsp3) is 0.280. The van der Waals surface area contributed by atoms with E-state index in [-0.39, 0.29) is 23.9 Å². The molecule has 0 aliphatic rings. The Morgan fingerprint density at radius 2 is 1.56 bits per heavy atom. The number of amides is 3. The van der Waals surface area contributed by atoms with E-state index in [0.29, 0.717) is 11.1 Å². The summed E-state index contributed by atoms with van der Waals surface area (Å²) >= 11 is 4.01. The van der Waals surface area contributed by atoms with Gasteiger partial charge in [0.1, 0.15) is 25.2 Å². The molecule has 0 aromatic heterocycles. The van der Waals surface area contributed by atoms with Crippen molar-refractivity contribution in [3.63, 3.8) is 0 Å². The number of benzene rings is 2. The zero-order valence-corrected chi connectivity index (χ0v) is 22.8. The van der Waals surface area contributed by atoms with Gasteiger partial charge in [-0.3, -0.25) is 19.2 Å². The Bertz CT molecular complexity index is 1180. The zero-order chi connectivity index (χ0) is 28.8. The van der Waals surface area contributed by atoms with Gasteiger partial charge in [0.25, 0.3) is 0 Å². The van der Waals surface area contributed by atoms with E-state index < -0.39 is 54.9 Å². The van der Waals surface area contributed by atoms with Crippen molar-refractivity contribution in [3.05, 3.63) is 70.2 Å². The summed E-state index contributed by atoms with van der Waals surface area (Å²) in [4.78, 5) is 71.9. The van der Waals surface area contributed by atoms with E-state index in [2.05, 4.69) is 31.9 Å². The molecule has 2 aromatic carbocycles. The first kappa shape index (κ1) is 31.3. The van der Waals surface area contributed by atoms with Gasteiger partial charge in [-0.1, -0.05) is 58.0 Å². The van der Waals surface area contributed by atoms with Crippen LogP contribution in [-0.4, -0.2) is 69.6 Å². The predicted molar refractivity (Wildman–Crippen MR) is 144 cm³/mol. The molecule has 0 saturated carbocycles. The summed E-state index contributed by atoms with van der Waals surface area (Å²) in [6.45, 7) is -0.782. The van der Waals surface area contributed by atoms with Crippen molar-refractivity contribution in [2.45, 2.75) is 31.5 Å². The predicted octanol–water partition coefficient (Wildman–Crippen LogP) is 2.17. The van der Waals surface area contributed by atoms with Gasteiger partial charge in [-0.25, -0.2) is 9.59 Å². The number of hydrogen-bond donors (Lipinski definition) is 5. The van der Waals surface area contributed by atoms with Gasteiger partial charge in [0.2, 0.25) is 16.9 Å². The van der Waals surface area contributed by atoms with Gasteiger partial charge in [-0.05, 0) is 36.2 Å². The Hall–Kier alpha value is -3.91. The van der Waals surface area contributed by atoms with Crippen LogP contribution in [0.3, 0.4) is 0 Å². The zero-order valence-electron chi connectivity index (χ0n) is 20.4. The molecule has 0 bridgehead atoms. The molecule has 39 heavy (non-hydrogen) atoms. The molecule has 12 nitrogen and oxygen atoms in total. The number of nitrogens with one attached hydrogen (secondary N) is 3. The fourth-order valence-electron chi connectivity index (χ4n) is 3.00. The van der Waals surface area contributed by atoms with E-state index in [1.165, 1.54) is 0 Å². The Kier molecular flexibility index (Phi) is 13.0. The van der Waals surface area contributed by atoms with Gasteiger partial charge in [-0.2, -0.15) is 0 Å². The number of carboxylic acids is 2. The number of hydrogen-bond acceptors (Lipinski definition) is 8. The summed E-state index contributed by atoms with van der Waals surface area (Å²) in [5, 5.41) is 24.6. The van der Waals surface area contributed by atoms with E-state index in [1.807, 2.05) is 0 Å². The Morgan fingerprint density at radius 1 is 0.897 bits per heavy atom. The molecule has 2 atom stereocenters. The van der Waals surface area contributed by atoms with Crippen LogP contribution in [0.25, 0.3) is 0 Å².